The Balaban J connectivity index is 1.68. The van der Waals surface area contributed by atoms with E-state index < -0.39 is 11.1 Å². The van der Waals surface area contributed by atoms with Crippen LogP contribution in [0.1, 0.15) is 85.0 Å². The second-order valence-electron chi connectivity index (χ2n) is 10.5. The van der Waals surface area contributed by atoms with Gasteiger partial charge >= 0.3 is 6.09 Å². The van der Waals surface area contributed by atoms with Crippen molar-refractivity contribution in [1.82, 2.24) is 9.80 Å². The van der Waals surface area contributed by atoms with Gasteiger partial charge in [0.25, 0.3) is 5.91 Å². The Kier molecular flexibility index (Phi) is 6.98. The number of amides is 2. The quantitative estimate of drug-likeness (QED) is 0.730. The highest BCUT2D eigenvalue weighted by atomic mass is 16.6. The number of hydrogen-bond donors (Lipinski definition) is 1. The Bertz CT molecular complexity index is 666. The van der Waals surface area contributed by atoms with Crippen LogP contribution in [0.5, 0.6) is 0 Å². The maximum Gasteiger partial charge on any atom is 0.410 e. The van der Waals surface area contributed by atoms with Crippen LogP contribution < -0.4 is 5.73 Å². The summed E-state index contributed by atoms with van der Waals surface area (Å²) in [4.78, 5) is 33.8. The topological polar surface area (TPSA) is 88.2 Å². The van der Waals surface area contributed by atoms with Crippen LogP contribution >= 0.6 is 0 Å². The predicted octanol–water partition coefficient (Wildman–Crippen LogP) is 3.91. The molecule has 2 atom stereocenters. The Morgan fingerprint density at radius 3 is 2.43 bits per heavy atom. The number of guanidine groups is 1. The fourth-order valence-electron chi connectivity index (χ4n) is 5.28. The Morgan fingerprint density at radius 2 is 1.83 bits per heavy atom. The first-order valence-corrected chi connectivity index (χ1v) is 11.7. The smallest absolute Gasteiger partial charge is 0.410 e. The molecule has 170 valence electrons. The Morgan fingerprint density at radius 1 is 1.17 bits per heavy atom. The number of likely N-dealkylation sites (tertiary alicyclic amines) is 1. The summed E-state index contributed by atoms with van der Waals surface area (Å²) in [6, 6.07) is 0. The average Bonchev–Trinajstić information content (AvgIpc) is 2.90. The van der Waals surface area contributed by atoms with Crippen molar-refractivity contribution in [3.05, 3.63) is 0 Å². The van der Waals surface area contributed by atoms with Crippen LogP contribution in [-0.4, -0.2) is 59.0 Å². The van der Waals surface area contributed by atoms with Crippen LogP contribution in [0.3, 0.4) is 0 Å². The van der Waals surface area contributed by atoms with Gasteiger partial charge in [-0.15, -0.1) is 0 Å². The van der Waals surface area contributed by atoms with Crippen molar-refractivity contribution in [3.63, 3.8) is 0 Å². The lowest BCUT2D eigenvalue weighted by atomic mass is 9.77. The lowest BCUT2D eigenvalue weighted by Gasteiger charge is -2.37. The number of carbonyl (C=O) groups is 2. The molecule has 3 aliphatic rings. The molecule has 0 spiro atoms. The molecule has 2 N–H and O–H groups in total. The minimum absolute atomic E-state index is 0.0187. The van der Waals surface area contributed by atoms with Crippen molar-refractivity contribution < 1.29 is 14.3 Å². The summed E-state index contributed by atoms with van der Waals surface area (Å²) in [5.74, 6) is 1.26. The van der Waals surface area contributed by atoms with Crippen LogP contribution in [0.4, 0.5) is 4.79 Å². The van der Waals surface area contributed by atoms with E-state index in [4.69, 9.17) is 15.5 Å². The van der Waals surface area contributed by atoms with Crippen molar-refractivity contribution in [3.8, 4) is 0 Å². The van der Waals surface area contributed by atoms with Crippen LogP contribution in [0, 0.1) is 11.8 Å². The van der Waals surface area contributed by atoms with E-state index in [0.29, 0.717) is 31.4 Å². The van der Waals surface area contributed by atoms with Gasteiger partial charge in [-0.3, -0.25) is 9.69 Å². The monoisotopic (exact) mass is 420 g/mol. The van der Waals surface area contributed by atoms with E-state index in [2.05, 4.69) is 0 Å². The number of hydrogen-bond acceptors (Lipinski definition) is 5. The number of aliphatic imine (C=N–C) groups is 1. The van der Waals surface area contributed by atoms with E-state index in [1.807, 2.05) is 20.8 Å². The summed E-state index contributed by atoms with van der Waals surface area (Å²) in [7, 11) is 1.72. The molecule has 0 unspecified atom stereocenters. The number of rotatable bonds is 5. The van der Waals surface area contributed by atoms with Gasteiger partial charge in [-0.2, -0.15) is 0 Å². The molecule has 0 aromatic carbocycles. The largest absolute Gasteiger partial charge is 0.444 e. The highest BCUT2D eigenvalue weighted by Gasteiger charge is 2.48. The fraction of sp³-hybridized carbons (Fsp3) is 0.870. The van der Waals surface area contributed by atoms with E-state index in [1.54, 1.807) is 11.9 Å². The molecule has 2 heterocycles. The molecular formula is C23H40N4O3. The molecule has 30 heavy (non-hydrogen) atoms. The fourth-order valence-corrected chi connectivity index (χ4v) is 5.28. The minimum Gasteiger partial charge on any atom is -0.444 e. The molecule has 0 radical (unpaired) electrons. The number of nitrogens with two attached hydrogens (primary N) is 1. The molecule has 0 bridgehead atoms. The van der Waals surface area contributed by atoms with E-state index >= 15 is 0 Å². The third-order valence-corrected chi connectivity index (χ3v) is 6.86. The van der Waals surface area contributed by atoms with Crippen molar-refractivity contribution in [2.24, 2.45) is 22.6 Å². The third-order valence-electron chi connectivity index (χ3n) is 6.86. The van der Waals surface area contributed by atoms with Crippen molar-refractivity contribution in [2.45, 2.75) is 96.1 Å². The minimum atomic E-state index is -0.766. The molecule has 7 nitrogen and oxygen atoms in total. The summed E-state index contributed by atoms with van der Waals surface area (Å²) in [6.07, 6.45) is 10.5. The number of piperidine rings is 1. The van der Waals surface area contributed by atoms with Crippen LogP contribution in [0.15, 0.2) is 4.99 Å². The number of carbonyl (C=O) groups excluding carboxylic acids is 2. The average molecular weight is 421 g/mol. The zero-order valence-electron chi connectivity index (χ0n) is 19.3. The second kappa shape index (κ2) is 9.15. The van der Waals surface area contributed by atoms with Gasteiger partial charge in [-0.1, -0.05) is 32.1 Å². The first-order chi connectivity index (χ1) is 14.1. The second-order valence-corrected chi connectivity index (χ2v) is 10.5. The molecule has 1 aliphatic carbocycles. The lowest BCUT2D eigenvalue weighted by Crippen LogP contribution is -2.47. The first-order valence-electron chi connectivity index (χ1n) is 11.7. The first kappa shape index (κ1) is 22.9. The zero-order chi connectivity index (χ0) is 21.9. The van der Waals surface area contributed by atoms with Crippen molar-refractivity contribution in [1.29, 1.82) is 0 Å². The molecule has 1 saturated carbocycles. The number of nitrogens with zero attached hydrogens (tertiary/aromatic N) is 3. The van der Waals surface area contributed by atoms with Gasteiger partial charge in [0.05, 0.1) is 0 Å². The standard InChI is InChI=1S/C23H40N4O3/c1-22(2,3)30-21(29)27-14-8-11-18(16-27)15-23(19(28)26(4)20(24)25-23)13-12-17-9-6-5-7-10-17/h17-18H,5-16H2,1-4H3,(H2,24,25)/t18-,23+/m0/s1. The van der Waals surface area contributed by atoms with Crippen LogP contribution in [0.2, 0.25) is 0 Å². The van der Waals surface area contributed by atoms with Gasteiger partial charge in [0, 0.05) is 20.1 Å². The summed E-state index contributed by atoms with van der Waals surface area (Å²) >= 11 is 0. The van der Waals surface area contributed by atoms with Crippen molar-refractivity contribution in [2.75, 3.05) is 20.1 Å². The molecule has 0 aromatic rings. The summed E-state index contributed by atoms with van der Waals surface area (Å²) in [5.41, 5.74) is 4.80. The van der Waals surface area contributed by atoms with Gasteiger partial charge in [-0.05, 0) is 64.7 Å². The van der Waals surface area contributed by atoms with E-state index in [9.17, 15) is 9.59 Å². The van der Waals surface area contributed by atoms with Gasteiger partial charge in [0.1, 0.15) is 11.1 Å². The van der Waals surface area contributed by atoms with E-state index in [0.717, 1.165) is 25.7 Å². The van der Waals surface area contributed by atoms with Crippen molar-refractivity contribution >= 4 is 18.0 Å². The maximum atomic E-state index is 13.2. The normalized spacial score (nSPS) is 28.6. The molecular weight excluding hydrogens is 380 g/mol. The predicted molar refractivity (Wildman–Crippen MR) is 118 cm³/mol. The Hall–Kier alpha value is -1.79. The van der Waals surface area contributed by atoms with Gasteiger partial charge in [0.15, 0.2) is 5.96 Å². The summed E-state index contributed by atoms with van der Waals surface area (Å²) in [5, 5.41) is 0. The number of likely N-dealkylation sites (N-methyl/N-ethyl adjacent to an activating group) is 1. The molecule has 3 rings (SSSR count). The Labute approximate surface area is 181 Å². The third kappa shape index (κ3) is 5.46. The molecule has 7 heteroatoms. The summed E-state index contributed by atoms with van der Waals surface area (Å²) < 4.78 is 5.57. The zero-order valence-corrected chi connectivity index (χ0v) is 19.3. The highest BCUT2D eigenvalue weighted by molar-refractivity contribution is 6.06. The lowest BCUT2D eigenvalue weighted by molar-refractivity contribution is -0.131. The number of ether oxygens (including phenoxy) is 1. The van der Waals surface area contributed by atoms with Gasteiger partial charge in [-0.25, -0.2) is 9.79 Å². The maximum absolute atomic E-state index is 13.2. The molecule has 2 aliphatic heterocycles. The van der Waals surface area contributed by atoms with Gasteiger partial charge < -0.3 is 15.4 Å². The molecule has 2 amide bonds. The SMILES string of the molecule is CN1C(=O)[C@@](CCC2CCCCC2)(C[C@@H]2CCCN(C(=O)OC(C)(C)C)C2)N=C1N. The molecule has 1 saturated heterocycles. The molecule has 0 aromatic heterocycles. The summed E-state index contributed by atoms with van der Waals surface area (Å²) in [6.45, 7) is 6.98. The molecule has 2 fully saturated rings. The van der Waals surface area contributed by atoms with E-state index in [-0.39, 0.29) is 17.9 Å². The van der Waals surface area contributed by atoms with Crippen LogP contribution in [0.25, 0.3) is 0 Å². The van der Waals surface area contributed by atoms with E-state index in [1.165, 1.54) is 37.0 Å². The highest BCUT2D eigenvalue weighted by Crippen LogP contribution is 2.39. The van der Waals surface area contributed by atoms with Gasteiger partial charge in [0.2, 0.25) is 0 Å². The van der Waals surface area contributed by atoms with Crippen LogP contribution in [-0.2, 0) is 9.53 Å².